The monoisotopic (exact) mass is 319 g/mol. The van der Waals surface area contributed by atoms with Crippen LogP contribution < -0.4 is 10.1 Å². The summed E-state index contributed by atoms with van der Waals surface area (Å²) in [5, 5.41) is 7.69. The fourth-order valence-corrected chi connectivity index (χ4v) is 2.48. The first-order valence-corrected chi connectivity index (χ1v) is 8.20. The van der Waals surface area contributed by atoms with E-state index in [1.54, 1.807) is 29.8 Å². The summed E-state index contributed by atoms with van der Waals surface area (Å²) < 4.78 is 7.08. The van der Waals surface area contributed by atoms with Gasteiger partial charge in [-0.25, -0.2) is 4.68 Å². The van der Waals surface area contributed by atoms with Crippen LogP contribution in [-0.4, -0.2) is 33.8 Å². The molecule has 0 radical (unpaired) electrons. The molecule has 6 heteroatoms. The molecule has 0 unspecified atom stereocenters. The van der Waals surface area contributed by atoms with E-state index in [0.29, 0.717) is 17.5 Å². The first kappa shape index (κ1) is 16.4. The number of nitrogens with zero attached hydrogens (tertiary/aromatic N) is 2. The second-order valence-corrected chi connectivity index (χ2v) is 6.67. The van der Waals surface area contributed by atoms with Crippen molar-refractivity contribution in [3.05, 3.63) is 42.2 Å². The van der Waals surface area contributed by atoms with Gasteiger partial charge in [-0.15, -0.1) is 11.8 Å². The minimum absolute atomic E-state index is 0.0451. The standard InChI is InChI=1S/C16H21N3O2S/c1-12(2)22-11-16(20)17-8-13-9-18-19(10-13)14-6-4-5-7-15(14)21-3/h4-7,9-10,12H,8,11H2,1-3H3,(H,17,20). The Morgan fingerprint density at radius 3 is 2.91 bits per heavy atom. The average Bonchev–Trinajstić information content (AvgIpc) is 2.99. The molecule has 0 fully saturated rings. The van der Waals surface area contributed by atoms with Gasteiger partial charge >= 0.3 is 0 Å². The lowest BCUT2D eigenvalue weighted by Crippen LogP contribution is -2.24. The predicted molar refractivity (Wildman–Crippen MR) is 89.6 cm³/mol. The van der Waals surface area contributed by atoms with E-state index in [0.717, 1.165) is 17.0 Å². The van der Waals surface area contributed by atoms with Gasteiger partial charge in [0.15, 0.2) is 0 Å². The van der Waals surface area contributed by atoms with Crippen LogP contribution in [0.1, 0.15) is 19.4 Å². The van der Waals surface area contributed by atoms with Crippen molar-refractivity contribution in [2.24, 2.45) is 0 Å². The van der Waals surface area contributed by atoms with Gasteiger partial charge < -0.3 is 10.1 Å². The number of hydrogen-bond donors (Lipinski definition) is 1. The summed E-state index contributed by atoms with van der Waals surface area (Å²) in [6, 6.07) is 7.68. The van der Waals surface area contributed by atoms with E-state index in [-0.39, 0.29) is 5.91 Å². The number of aromatic nitrogens is 2. The summed E-state index contributed by atoms with van der Waals surface area (Å²) in [5.41, 5.74) is 1.83. The summed E-state index contributed by atoms with van der Waals surface area (Å²) in [6.07, 6.45) is 3.65. The highest BCUT2D eigenvalue weighted by Gasteiger charge is 2.08. The van der Waals surface area contributed by atoms with Crippen molar-refractivity contribution in [1.82, 2.24) is 15.1 Å². The Morgan fingerprint density at radius 2 is 2.18 bits per heavy atom. The summed E-state index contributed by atoms with van der Waals surface area (Å²) in [7, 11) is 1.63. The fourth-order valence-electron chi connectivity index (χ4n) is 1.90. The molecule has 0 aliphatic heterocycles. The quantitative estimate of drug-likeness (QED) is 0.852. The molecule has 1 heterocycles. The van der Waals surface area contributed by atoms with Crippen LogP contribution >= 0.6 is 11.8 Å². The smallest absolute Gasteiger partial charge is 0.230 e. The number of thioether (sulfide) groups is 1. The summed E-state index contributed by atoms with van der Waals surface area (Å²) in [6.45, 7) is 4.64. The summed E-state index contributed by atoms with van der Waals surface area (Å²) >= 11 is 1.63. The minimum Gasteiger partial charge on any atom is -0.494 e. The van der Waals surface area contributed by atoms with E-state index in [1.165, 1.54) is 0 Å². The lowest BCUT2D eigenvalue weighted by molar-refractivity contribution is -0.118. The van der Waals surface area contributed by atoms with Crippen LogP contribution in [0.3, 0.4) is 0 Å². The molecule has 2 aromatic rings. The molecule has 0 saturated heterocycles. The molecule has 1 amide bonds. The second kappa shape index (κ2) is 7.89. The van der Waals surface area contributed by atoms with Crippen molar-refractivity contribution in [3.8, 4) is 11.4 Å². The second-order valence-electron chi connectivity index (χ2n) is 5.10. The molecular weight excluding hydrogens is 298 g/mol. The van der Waals surface area contributed by atoms with Crippen LogP contribution in [0.5, 0.6) is 5.75 Å². The molecule has 0 bridgehead atoms. The third-order valence-corrected chi connectivity index (χ3v) is 4.10. The molecule has 0 aliphatic carbocycles. The van der Waals surface area contributed by atoms with E-state index in [4.69, 9.17) is 4.74 Å². The van der Waals surface area contributed by atoms with Crippen LogP contribution in [-0.2, 0) is 11.3 Å². The van der Waals surface area contributed by atoms with Crippen molar-refractivity contribution in [1.29, 1.82) is 0 Å². The van der Waals surface area contributed by atoms with Gasteiger partial charge in [-0.2, -0.15) is 5.10 Å². The zero-order valence-corrected chi connectivity index (χ0v) is 13.9. The zero-order chi connectivity index (χ0) is 15.9. The highest BCUT2D eigenvalue weighted by Crippen LogP contribution is 2.21. The van der Waals surface area contributed by atoms with Crippen LogP contribution in [0, 0.1) is 0 Å². The number of ether oxygens (including phenoxy) is 1. The number of carbonyl (C=O) groups excluding carboxylic acids is 1. The predicted octanol–water partition coefficient (Wildman–Crippen LogP) is 2.64. The number of nitrogens with one attached hydrogen (secondary N) is 1. The maximum atomic E-state index is 11.7. The Hall–Kier alpha value is -1.95. The normalized spacial score (nSPS) is 10.7. The van der Waals surface area contributed by atoms with Crippen LogP contribution in [0.15, 0.2) is 36.7 Å². The third-order valence-electron chi connectivity index (χ3n) is 3.01. The number of hydrogen-bond acceptors (Lipinski definition) is 4. The van der Waals surface area contributed by atoms with Crippen LogP contribution in [0.25, 0.3) is 5.69 Å². The van der Waals surface area contributed by atoms with Crippen molar-refractivity contribution < 1.29 is 9.53 Å². The molecule has 22 heavy (non-hydrogen) atoms. The highest BCUT2D eigenvalue weighted by atomic mass is 32.2. The van der Waals surface area contributed by atoms with Crippen molar-refractivity contribution in [2.75, 3.05) is 12.9 Å². The molecule has 1 aromatic heterocycles. The lowest BCUT2D eigenvalue weighted by Gasteiger charge is -2.07. The van der Waals surface area contributed by atoms with Crippen molar-refractivity contribution >= 4 is 17.7 Å². The molecule has 0 spiro atoms. The third kappa shape index (κ3) is 4.53. The maximum Gasteiger partial charge on any atom is 0.230 e. The Balaban J connectivity index is 1.96. The van der Waals surface area contributed by atoms with Gasteiger partial charge in [0, 0.05) is 18.3 Å². The highest BCUT2D eigenvalue weighted by molar-refractivity contribution is 8.00. The minimum atomic E-state index is 0.0451. The Kier molecular flexibility index (Phi) is 5.89. The average molecular weight is 319 g/mol. The van der Waals surface area contributed by atoms with Crippen LogP contribution in [0.2, 0.25) is 0 Å². The van der Waals surface area contributed by atoms with E-state index in [9.17, 15) is 4.79 Å². The van der Waals surface area contributed by atoms with E-state index >= 15 is 0 Å². The van der Waals surface area contributed by atoms with Gasteiger partial charge in [0.1, 0.15) is 11.4 Å². The lowest BCUT2D eigenvalue weighted by atomic mass is 10.3. The molecule has 0 aliphatic rings. The number of carbonyl (C=O) groups is 1. The Morgan fingerprint density at radius 1 is 1.41 bits per heavy atom. The van der Waals surface area contributed by atoms with Gasteiger partial charge in [-0.3, -0.25) is 4.79 Å². The molecule has 1 aromatic carbocycles. The van der Waals surface area contributed by atoms with E-state index < -0.39 is 0 Å². The van der Waals surface area contributed by atoms with Gasteiger partial charge in [-0.05, 0) is 17.4 Å². The molecule has 118 valence electrons. The molecule has 5 nitrogen and oxygen atoms in total. The van der Waals surface area contributed by atoms with Gasteiger partial charge in [0.2, 0.25) is 5.91 Å². The number of rotatable bonds is 7. The van der Waals surface area contributed by atoms with Crippen molar-refractivity contribution in [2.45, 2.75) is 25.6 Å². The topological polar surface area (TPSA) is 56.1 Å². The summed E-state index contributed by atoms with van der Waals surface area (Å²) in [5.74, 6) is 1.29. The number of benzene rings is 1. The summed E-state index contributed by atoms with van der Waals surface area (Å²) in [4.78, 5) is 11.7. The number of para-hydroxylation sites is 2. The van der Waals surface area contributed by atoms with Gasteiger partial charge in [0.05, 0.1) is 19.1 Å². The molecule has 2 rings (SSSR count). The fraction of sp³-hybridized carbons (Fsp3) is 0.375. The number of amides is 1. The maximum absolute atomic E-state index is 11.7. The first-order valence-electron chi connectivity index (χ1n) is 7.15. The molecule has 1 N–H and O–H groups in total. The molecule has 0 saturated carbocycles. The molecular formula is C16H21N3O2S. The van der Waals surface area contributed by atoms with Gasteiger partial charge in [0.25, 0.3) is 0 Å². The number of methoxy groups -OCH3 is 1. The van der Waals surface area contributed by atoms with E-state index in [1.807, 2.05) is 30.5 Å². The largest absolute Gasteiger partial charge is 0.494 e. The van der Waals surface area contributed by atoms with Crippen LogP contribution in [0.4, 0.5) is 0 Å². The first-order chi connectivity index (χ1) is 10.6. The van der Waals surface area contributed by atoms with Crippen molar-refractivity contribution in [3.63, 3.8) is 0 Å². The zero-order valence-electron chi connectivity index (χ0n) is 13.1. The molecule has 0 atom stereocenters. The SMILES string of the molecule is COc1ccccc1-n1cc(CNC(=O)CSC(C)C)cn1. The van der Waals surface area contributed by atoms with Gasteiger partial charge in [-0.1, -0.05) is 26.0 Å². The van der Waals surface area contributed by atoms with E-state index in [2.05, 4.69) is 24.3 Å². The Bertz CT molecular complexity index is 625. The Labute approximate surface area is 135 Å².